The Bertz CT molecular complexity index is 424. The maximum atomic E-state index is 6.30. The van der Waals surface area contributed by atoms with Crippen molar-refractivity contribution >= 4 is 11.6 Å². The van der Waals surface area contributed by atoms with E-state index in [2.05, 4.69) is 6.92 Å². The zero-order chi connectivity index (χ0) is 11.9. The molecule has 0 fully saturated rings. The summed E-state index contributed by atoms with van der Waals surface area (Å²) < 4.78 is 10.7. The van der Waals surface area contributed by atoms with E-state index in [0.29, 0.717) is 16.5 Å². The summed E-state index contributed by atoms with van der Waals surface area (Å²) in [5, 5.41) is 0.631. The third kappa shape index (κ3) is 1.74. The molecule has 1 heterocycles. The van der Waals surface area contributed by atoms with Crippen molar-refractivity contribution in [2.75, 3.05) is 6.79 Å². The fourth-order valence-corrected chi connectivity index (χ4v) is 2.34. The molecule has 4 heteroatoms. The van der Waals surface area contributed by atoms with Gasteiger partial charge in [-0.3, -0.25) is 0 Å². The van der Waals surface area contributed by atoms with Crippen molar-refractivity contribution in [1.82, 2.24) is 0 Å². The molecule has 2 rings (SSSR count). The van der Waals surface area contributed by atoms with Crippen molar-refractivity contribution in [1.29, 1.82) is 0 Å². The van der Waals surface area contributed by atoms with E-state index in [-0.39, 0.29) is 6.79 Å². The lowest BCUT2D eigenvalue weighted by Crippen LogP contribution is -2.30. The second-order valence-electron chi connectivity index (χ2n) is 4.53. The van der Waals surface area contributed by atoms with E-state index < -0.39 is 5.54 Å². The molecule has 1 aromatic rings. The van der Waals surface area contributed by atoms with Gasteiger partial charge in [-0.1, -0.05) is 18.5 Å². The SMILES string of the molecule is CCc1c(C(C)(C)N)cc2c(c1Cl)OCO2. The van der Waals surface area contributed by atoms with Crippen LogP contribution in [0.25, 0.3) is 0 Å². The lowest BCUT2D eigenvalue weighted by molar-refractivity contribution is 0.174. The molecule has 0 saturated heterocycles. The van der Waals surface area contributed by atoms with Crippen molar-refractivity contribution in [3.63, 3.8) is 0 Å². The molecule has 88 valence electrons. The molecule has 3 nitrogen and oxygen atoms in total. The van der Waals surface area contributed by atoms with Gasteiger partial charge in [-0.05, 0) is 37.5 Å². The Morgan fingerprint density at radius 1 is 1.44 bits per heavy atom. The normalized spacial score (nSPS) is 14.3. The Labute approximate surface area is 100 Å². The van der Waals surface area contributed by atoms with Crippen LogP contribution in [0.15, 0.2) is 6.07 Å². The highest BCUT2D eigenvalue weighted by atomic mass is 35.5. The number of hydrogen-bond donors (Lipinski definition) is 1. The molecule has 1 aliphatic heterocycles. The minimum Gasteiger partial charge on any atom is -0.454 e. The molecule has 0 spiro atoms. The van der Waals surface area contributed by atoms with Crippen molar-refractivity contribution in [2.24, 2.45) is 5.73 Å². The minimum atomic E-state index is -0.435. The molecule has 0 radical (unpaired) electrons. The van der Waals surface area contributed by atoms with E-state index in [1.165, 1.54) is 0 Å². The van der Waals surface area contributed by atoms with Crippen molar-refractivity contribution in [3.8, 4) is 11.5 Å². The van der Waals surface area contributed by atoms with E-state index in [9.17, 15) is 0 Å². The highest BCUT2D eigenvalue weighted by molar-refractivity contribution is 6.33. The molecular formula is C12H16ClNO2. The second-order valence-corrected chi connectivity index (χ2v) is 4.90. The molecule has 0 unspecified atom stereocenters. The maximum Gasteiger partial charge on any atom is 0.231 e. The Morgan fingerprint density at radius 3 is 2.69 bits per heavy atom. The molecule has 0 aliphatic carbocycles. The largest absolute Gasteiger partial charge is 0.454 e. The van der Waals surface area contributed by atoms with Crippen LogP contribution in [0.2, 0.25) is 5.02 Å². The number of ether oxygens (including phenoxy) is 2. The second kappa shape index (κ2) is 3.82. The molecule has 0 aromatic heterocycles. The first-order chi connectivity index (χ1) is 7.45. The van der Waals surface area contributed by atoms with Gasteiger partial charge in [0, 0.05) is 5.54 Å². The number of hydrogen-bond acceptors (Lipinski definition) is 3. The van der Waals surface area contributed by atoms with Crippen LogP contribution < -0.4 is 15.2 Å². The molecule has 0 saturated carbocycles. The third-order valence-electron chi connectivity index (χ3n) is 2.75. The summed E-state index contributed by atoms with van der Waals surface area (Å²) in [7, 11) is 0. The van der Waals surface area contributed by atoms with E-state index in [1.54, 1.807) is 0 Å². The summed E-state index contributed by atoms with van der Waals surface area (Å²) in [5.41, 5.74) is 7.76. The third-order valence-corrected chi connectivity index (χ3v) is 3.15. The lowest BCUT2D eigenvalue weighted by atomic mass is 9.89. The van der Waals surface area contributed by atoms with Gasteiger partial charge in [-0.15, -0.1) is 0 Å². The zero-order valence-electron chi connectivity index (χ0n) is 9.76. The molecule has 0 atom stereocenters. The van der Waals surface area contributed by atoms with E-state index >= 15 is 0 Å². The van der Waals surface area contributed by atoms with E-state index in [1.807, 2.05) is 19.9 Å². The zero-order valence-corrected chi connectivity index (χ0v) is 10.5. The summed E-state index contributed by atoms with van der Waals surface area (Å²) in [5.74, 6) is 1.34. The van der Waals surface area contributed by atoms with Crippen LogP contribution in [0.4, 0.5) is 0 Å². The summed E-state index contributed by atoms with van der Waals surface area (Å²) in [4.78, 5) is 0. The summed E-state index contributed by atoms with van der Waals surface area (Å²) >= 11 is 6.30. The summed E-state index contributed by atoms with van der Waals surface area (Å²) in [6.45, 7) is 6.20. The number of fused-ring (bicyclic) bond motifs is 1. The van der Waals surface area contributed by atoms with Gasteiger partial charge in [-0.2, -0.15) is 0 Å². The molecule has 16 heavy (non-hydrogen) atoms. The van der Waals surface area contributed by atoms with Gasteiger partial charge in [0.15, 0.2) is 11.5 Å². The Balaban J connectivity index is 2.66. The minimum absolute atomic E-state index is 0.229. The predicted molar refractivity (Wildman–Crippen MR) is 64.2 cm³/mol. The maximum absolute atomic E-state index is 6.30. The van der Waals surface area contributed by atoms with Crippen LogP contribution in [0, 0.1) is 0 Å². The standard InChI is InChI=1S/C12H16ClNO2/c1-4-7-8(12(2,3)14)5-9-11(10(7)13)16-6-15-9/h5H,4,6,14H2,1-3H3. The highest BCUT2D eigenvalue weighted by Gasteiger charge is 2.27. The molecule has 0 bridgehead atoms. The quantitative estimate of drug-likeness (QED) is 0.866. The fraction of sp³-hybridized carbons (Fsp3) is 0.500. The Morgan fingerprint density at radius 2 is 2.12 bits per heavy atom. The average Bonchev–Trinajstić information content (AvgIpc) is 2.64. The van der Waals surface area contributed by atoms with E-state index in [0.717, 1.165) is 17.5 Å². The average molecular weight is 242 g/mol. The van der Waals surface area contributed by atoms with Crippen LogP contribution in [0.1, 0.15) is 31.9 Å². The summed E-state index contributed by atoms with van der Waals surface area (Å²) in [6, 6.07) is 1.94. The molecule has 0 amide bonds. The first-order valence-electron chi connectivity index (χ1n) is 5.35. The Hall–Kier alpha value is -0.930. The van der Waals surface area contributed by atoms with E-state index in [4.69, 9.17) is 26.8 Å². The van der Waals surface area contributed by atoms with Gasteiger partial charge >= 0.3 is 0 Å². The molecular weight excluding hydrogens is 226 g/mol. The van der Waals surface area contributed by atoms with Crippen LogP contribution >= 0.6 is 11.6 Å². The molecule has 1 aromatic carbocycles. The molecule has 1 aliphatic rings. The van der Waals surface area contributed by atoms with Gasteiger partial charge in [0.05, 0.1) is 5.02 Å². The van der Waals surface area contributed by atoms with Crippen molar-refractivity contribution in [2.45, 2.75) is 32.7 Å². The van der Waals surface area contributed by atoms with Crippen LogP contribution in [0.3, 0.4) is 0 Å². The number of nitrogens with two attached hydrogens (primary N) is 1. The summed E-state index contributed by atoms with van der Waals surface area (Å²) in [6.07, 6.45) is 0.825. The van der Waals surface area contributed by atoms with Gasteiger partial charge < -0.3 is 15.2 Å². The van der Waals surface area contributed by atoms with Gasteiger partial charge in [0.25, 0.3) is 0 Å². The van der Waals surface area contributed by atoms with Gasteiger partial charge in [-0.25, -0.2) is 0 Å². The lowest BCUT2D eigenvalue weighted by Gasteiger charge is -2.24. The number of halogens is 1. The van der Waals surface area contributed by atoms with Crippen LogP contribution in [-0.4, -0.2) is 6.79 Å². The number of benzene rings is 1. The highest BCUT2D eigenvalue weighted by Crippen LogP contribution is 2.44. The number of rotatable bonds is 2. The first-order valence-corrected chi connectivity index (χ1v) is 5.73. The van der Waals surface area contributed by atoms with Crippen LogP contribution in [-0.2, 0) is 12.0 Å². The fourth-order valence-electron chi connectivity index (χ4n) is 1.96. The van der Waals surface area contributed by atoms with Crippen molar-refractivity contribution < 1.29 is 9.47 Å². The van der Waals surface area contributed by atoms with Gasteiger partial charge in [0.2, 0.25) is 6.79 Å². The van der Waals surface area contributed by atoms with Crippen molar-refractivity contribution in [3.05, 3.63) is 22.2 Å². The predicted octanol–water partition coefficient (Wildman–Crippen LogP) is 2.82. The van der Waals surface area contributed by atoms with Gasteiger partial charge in [0.1, 0.15) is 0 Å². The first kappa shape index (κ1) is 11.6. The smallest absolute Gasteiger partial charge is 0.231 e. The monoisotopic (exact) mass is 241 g/mol. The molecule has 2 N–H and O–H groups in total. The Kier molecular flexibility index (Phi) is 2.76. The topological polar surface area (TPSA) is 44.5 Å². The van der Waals surface area contributed by atoms with Crippen LogP contribution in [0.5, 0.6) is 11.5 Å².